The van der Waals surface area contributed by atoms with Gasteiger partial charge in [0, 0.05) is 74.5 Å². The van der Waals surface area contributed by atoms with Crippen LogP contribution in [0.1, 0.15) is 95.1 Å². The van der Waals surface area contributed by atoms with Gasteiger partial charge < -0.3 is 14.4 Å². The molecule has 53 heavy (non-hydrogen) atoms. The maximum Gasteiger partial charge on any atom is 0.264 e. The van der Waals surface area contributed by atoms with Crippen molar-refractivity contribution in [3.05, 3.63) is 70.3 Å². The Kier molecular flexibility index (Phi) is 12.6. The molecule has 6 rings (SSSR count). The van der Waals surface area contributed by atoms with Crippen molar-refractivity contribution < 1.29 is 22.7 Å². The number of allylic oxidation sites excluding steroid dienone is 1. The van der Waals surface area contributed by atoms with E-state index in [4.69, 9.17) is 21.1 Å². The zero-order valence-electron chi connectivity index (χ0n) is 32.7. The second-order valence-electron chi connectivity index (χ2n) is 16.4. The third-order valence-electron chi connectivity index (χ3n) is 12.3. The smallest absolute Gasteiger partial charge is 0.264 e. The molecule has 292 valence electrons. The molecule has 9 nitrogen and oxygen atoms in total. The van der Waals surface area contributed by atoms with Crippen LogP contribution < -0.4 is 14.4 Å². The second-order valence-corrected chi connectivity index (χ2v) is 19.0. The highest BCUT2D eigenvalue weighted by Crippen LogP contribution is 2.49. The van der Waals surface area contributed by atoms with Gasteiger partial charge in [-0.2, -0.15) is 0 Å². The fraction of sp³-hybridized carbons (Fsp3) is 0.643. The Morgan fingerprint density at radius 3 is 2.53 bits per heavy atom. The number of halogens is 1. The van der Waals surface area contributed by atoms with Crippen LogP contribution in [0.15, 0.2) is 48.6 Å². The minimum absolute atomic E-state index is 0.269. The highest BCUT2D eigenvalue weighted by molar-refractivity contribution is 7.90. The topological polar surface area (TPSA) is 91.4 Å². The third kappa shape index (κ3) is 8.62. The van der Waals surface area contributed by atoms with Crippen molar-refractivity contribution in [1.82, 2.24) is 14.5 Å². The molecule has 4 aliphatic rings. The lowest BCUT2D eigenvalue weighted by atomic mass is 9.63. The number of rotatable bonds is 13. The Balaban J connectivity index is 1.35. The number of piperazine rings is 1. The fourth-order valence-corrected chi connectivity index (χ4v) is 9.95. The van der Waals surface area contributed by atoms with E-state index < -0.39 is 26.8 Å². The Bertz CT molecular complexity index is 1740. The largest absolute Gasteiger partial charge is 0.490 e. The number of anilines is 1. The predicted octanol–water partition coefficient (Wildman–Crippen LogP) is 7.07. The number of aryl methyl sites for hydroxylation is 1. The van der Waals surface area contributed by atoms with Gasteiger partial charge in [0.2, 0.25) is 10.0 Å². The highest BCUT2D eigenvalue weighted by atomic mass is 35.5. The molecule has 2 aliphatic heterocycles. The summed E-state index contributed by atoms with van der Waals surface area (Å²) >= 11 is 6.51. The molecular formula is C42H61ClN4O5S. The van der Waals surface area contributed by atoms with Crippen LogP contribution in [0.3, 0.4) is 0 Å². The molecule has 0 unspecified atom stereocenters. The number of amides is 1. The minimum atomic E-state index is -3.80. The molecule has 2 aliphatic carbocycles. The minimum Gasteiger partial charge on any atom is -0.490 e. The summed E-state index contributed by atoms with van der Waals surface area (Å²) in [6.45, 7) is 19.7. The molecule has 1 amide bonds. The molecule has 1 saturated carbocycles. The number of carbonyl (C=O) groups is 1. The molecule has 1 N–H and O–H groups in total. The van der Waals surface area contributed by atoms with Crippen LogP contribution in [-0.2, 0) is 26.6 Å². The van der Waals surface area contributed by atoms with Gasteiger partial charge in [0.05, 0.1) is 17.5 Å². The molecule has 1 spiro atoms. The predicted molar refractivity (Wildman–Crippen MR) is 215 cm³/mol. The van der Waals surface area contributed by atoms with Crippen molar-refractivity contribution in [2.75, 3.05) is 63.9 Å². The van der Waals surface area contributed by atoms with Gasteiger partial charge in [-0.15, -0.1) is 0 Å². The Morgan fingerprint density at radius 2 is 1.87 bits per heavy atom. The zero-order valence-corrected chi connectivity index (χ0v) is 34.3. The number of sulfonamides is 1. The maximum atomic E-state index is 13.4. The average Bonchev–Trinajstić information content (AvgIpc) is 3.26. The van der Waals surface area contributed by atoms with Crippen molar-refractivity contribution >= 4 is 33.2 Å². The first-order valence-electron chi connectivity index (χ1n) is 19.9. The summed E-state index contributed by atoms with van der Waals surface area (Å²) < 4.78 is 41.3. The van der Waals surface area contributed by atoms with Gasteiger partial charge in [-0.05, 0) is 126 Å². The van der Waals surface area contributed by atoms with Crippen LogP contribution in [0.2, 0.25) is 5.02 Å². The van der Waals surface area contributed by atoms with Crippen LogP contribution in [0, 0.1) is 11.8 Å². The van der Waals surface area contributed by atoms with Gasteiger partial charge in [-0.3, -0.25) is 14.6 Å². The number of nitrogens with zero attached hydrogens (tertiary/aromatic N) is 3. The highest BCUT2D eigenvalue weighted by Gasteiger charge is 2.50. The molecule has 0 bridgehead atoms. The number of carbonyl (C=O) groups excluding carboxylic acids is 1. The van der Waals surface area contributed by atoms with E-state index in [0.717, 1.165) is 95.0 Å². The molecule has 1 saturated heterocycles. The van der Waals surface area contributed by atoms with Crippen LogP contribution in [0.5, 0.6) is 5.75 Å². The van der Waals surface area contributed by atoms with Gasteiger partial charge in [0.25, 0.3) is 5.91 Å². The maximum absolute atomic E-state index is 13.4. The lowest BCUT2D eigenvalue weighted by Crippen LogP contribution is -2.59. The van der Waals surface area contributed by atoms with E-state index in [1.54, 1.807) is 19.9 Å². The molecule has 0 radical (unpaired) electrons. The summed E-state index contributed by atoms with van der Waals surface area (Å²) in [6.07, 6.45) is 10.8. The molecule has 4 atom stereocenters. The second kappa shape index (κ2) is 16.6. The Labute approximate surface area is 323 Å². The van der Waals surface area contributed by atoms with Gasteiger partial charge >= 0.3 is 0 Å². The SMILES string of the molecule is CC/C=C/[C@@](CN1CCN(C(C)C)CC1)(OCC)[C@@H]1CC[C@H]1CN1C[C@@]2(CCCc3cc(Cl)ccc32)COc2ccc(C(=O)NS(=O)(=O)C(C)C)cc21. The quantitative estimate of drug-likeness (QED) is 0.217. The lowest BCUT2D eigenvalue weighted by molar-refractivity contribution is -0.113. The van der Waals surface area contributed by atoms with E-state index >= 15 is 0 Å². The first kappa shape index (κ1) is 40.0. The molecule has 2 aromatic carbocycles. The van der Waals surface area contributed by atoms with E-state index in [2.05, 4.69) is 71.4 Å². The number of nitrogens with one attached hydrogen (secondary N) is 1. The molecule has 2 fully saturated rings. The standard InChI is InChI=1S/C42H61ClN4O5S/c1-7-9-19-42(52-8-2,28-45-20-22-46(23-21-45)30(3)4)37-15-12-34(37)26-47-27-41(18-10-11-32-24-35(43)14-16-36(32)41)29-51-39-17-13-33(25-38(39)47)40(48)44-53(49,50)31(5)6/h9,13-14,16-17,19,24-25,30-31,34,37H,7-8,10-12,15,18,20-23,26-29H2,1-6H3,(H,44,48)/b19-9+/t34-,37+,41-,42-/m0/s1. The van der Waals surface area contributed by atoms with Gasteiger partial charge in [0.1, 0.15) is 11.4 Å². The average molecular weight is 769 g/mol. The molecule has 11 heteroatoms. The third-order valence-corrected chi connectivity index (χ3v) is 14.3. The van der Waals surface area contributed by atoms with Crippen molar-refractivity contribution in [3.8, 4) is 5.75 Å². The lowest BCUT2D eigenvalue weighted by Gasteiger charge is -2.52. The van der Waals surface area contributed by atoms with E-state index in [1.165, 1.54) is 11.1 Å². The van der Waals surface area contributed by atoms with Gasteiger partial charge in [0.15, 0.2) is 0 Å². The van der Waals surface area contributed by atoms with E-state index in [1.807, 2.05) is 18.2 Å². The Morgan fingerprint density at radius 1 is 1.09 bits per heavy atom. The molecular weight excluding hydrogens is 708 g/mol. The first-order valence-corrected chi connectivity index (χ1v) is 21.9. The fourth-order valence-electron chi connectivity index (χ4n) is 9.14. The summed E-state index contributed by atoms with van der Waals surface area (Å²) in [5.74, 6) is 0.747. The van der Waals surface area contributed by atoms with E-state index in [0.29, 0.717) is 42.4 Å². The summed E-state index contributed by atoms with van der Waals surface area (Å²) in [5.41, 5.74) is 3.02. The van der Waals surface area contributed by atoms with Crippen molar-refractivity contribution in [2.24, 2.45) is 11.8 Å². The normalized spacial score (nSPS) is 25.1. The molecule has 0 aromatic heterocycles. The number of benzene rings is 2. The van der Waals surface area contributed by atoms with Crippen LogP contribution in [0.25, 0.3) is 0 Å². The van der Waals surface area contributed by atoms with Gasteiger partial charge in [-0.1, -0.05) is 36.7 Å². The van der Waals surface area contributed by atoms with Gasteiger partial charge in [-0.25, -0.2) is 13.1 Å². The summed E-state index contributed by atoms with van der Waals surface area (Å²) in [6, 6.07) is 12.2. The first-order chi connectivity index (χ1) is 25.3. The summed E-state index contributed by atoms with van der Waals surface area (Å²) in [4.78, 5) is 21.0. The van der Waals surface area contributed by atoms with Crippen molar-refractivity contribution in [3.63, 3.8) is 0 Å². The van der Waals surface area contributed by atoms with E-state index in [-0.39, 0.29) is 5.41 Å². The molecule has 2 heterocycles. The molecule has 2 aromatic rings. The van der Waals surface area contributed by atoms with Crippen molar-refractivity contribution in [2.45, 2.75) is 102 Å². The van der Waals surface area contributed by atoms with Crippen LogP contribution >= 0.6 is 11.6 Å². The Hall–Kier alpha value is -2.63. The van der Waals surface area contributed by atoms with Crippen LogP contribution in [-0.4, -0.2) is 100 Å². The number of hydrogen-bond acceptors (Lipinski definition) is 8. The monoisotopic (exact) mass is 768 g/mol. The number of fused-ring (bicyclic) bond motifs is 3. The van der Waals surface area contributed by atoms with Crippen molar-refractivity contribution in [1.29, 1.82) is 0 Å². The number of ether oxygens (including phenoxy) is 2. The zero-order chi connectivity index (χ0) is 38.0. The number of hydrogen-bond donors (Lipinski definition) is 1. The van der Waals surface area contributed by atoms with E-state index in [9.17, 15) is 13.2 Å². The summed E-state index contributed by atoms with van der Waals surface area (Å²) in [7, 11) is -3.80. The summed E-state index contributed by atoms with van der Waals surface area (Å²) in [5, 5.41) is 0.0200. The van der Waals surface area contributed by atoms with Crippen LogP contribution in [0.4, 0.5) is 5.69 Å².